The van der Waals surface area contributed by atoms with E-state index in [0.29, 0.717) is 32.2 Å². The van der Waals surface area contributed by atoms with Crippen LogP contribution in [0, 0.1) is 0 Å². The van der Waals surface area contributed by atoms with Gasteiger partial charge in [0.1, 0.15) is 12.1 Å². The number of carboxylic acid groups (broad SMARTS) is 1. The van der Waals surface area contributed by atoms with Crippen molar-refractivity contribution in [3.8, 4) is 0 Å². The average molecular weight is 811 g/mol. The number of rotatable bonds is 43. The molecule has 0 bridgehead atoms. The molecule has 0 aliphatic carbocycles. The molecule has 0 saturated carbocycles. The van der Waals surface area contributed by atoms with Crippen LogP contribution >= 0.6 is 0 Å². The smallest absolute Gasteiger partial charge is 0.326 e. The van der Waals surface area contributed by atoms with Crippen LogP contribution in [0.15, 0.2) is 60.8 Å². The maximum Gasteiger partial charge on any atom is 0.326 e. The van der Waals surface area contributed by atoms with Gasteiger partial charge in [0.05, 0.1) is 0 Å². The summed E-state index contributed by atoms with van der Waals surface area (Å²) < 4.78 is 5.95. The van der Waals surface area contributed by atoms with Crippen LogP contribution in [0.1, 0.15) is 226 Å². The quantitative estimate of drug-likeness (QED) is 0.0321. The van der Waals surface area contributed by atoms with Crippen LogP contribution in [-0.2, 0) is 19.1 Å². The molecule has 4 N–H and O–H groups in total. The van der Waals surface area contributed by atoms with Gasteiger partial charge in [0.15, 0.2) is 0 Å². The fourth-order valence-corrected chi connectivity index (χ4v) is 6.94. The topological polar surface area (TPSA) is 119 Å². The largest absolute Gasteiger partial charge is 0.480 e. The van der Waals surface area contributed by atoms with Gasteiger partial charge in [0.25, 0.3) is 0 Å². The third-order valence-corrected chi connectivity index (χ3v) is 10.6. The summed E-state index contributed by atoms with van der Waals surface area (Å²) in [4.78, 5) is 36.4. The summed E-state index contributed by atoms with van der Waals surface area (Å²) in [6, 6.07) is -0.870. The minimum absolute atomic E-state index is 0.101. The normalized spacial score (nSPS) is 13.2. The number of ether oxygens (including phenoxy) is 1. The number of carboxylic acids is 1. The molecule has 58 heavy (non-hydrogen) atoms. The third kappa shape index (κ3) is 41.2. The second-order valence-electron chi connectivity index (χ2n) is 16.1. The summed E-state index contributed by atoms with van der Waals surface area (Å²) in [7, 11) is 0. The van der Waals surface area contributed by atoms with Gasteiger partial charge in [0, 0.05) is 12.8 Å². The van der Waals surface area contributed by atoms with E-state index in [1.165, 1.54) is 109 Å². The van der Waals surface area contributed by atoms with Gasteiger partial charge in [-0.05, 0) is 103 Å². The Hall–Kier alpha value is -2.93. The lowest BCUT2D eigenvalue weighted by Gasteiger charge is -2.15. The highest BCUT2D eigenvalue weighted by atomic mass is 16.5. The Morgan fingerprint density at radius 2 is 1.00 bits per heavy atom. The molecule has 2 atom stereocenters. The molecule has 334 valence electrons. The number of amides is 1. The molecule has 7 heteroatoms. The van der Waals surface area contributed by atoms with E-state index >= 15 is 0 Å². The molecule has 7 nitrogen and oxygen atoms in total. The Morgan fingerprint density at radius 1 is 0.534 bits per heavy atom. The van der Waals surface area contributed by atoms with Gasteiger partial charge in [-0.25, -0.2) is 4.79 Å². The van der Waals surface area contributed by atoms with E-state index in [-0.39, 0.29) is 18.0 Å². The summed E-state index contributed by atoms with van der Waals surface area (Å²) in [5, 5.41) is 11.9. The Balaban J connectivity index is 4.29. The lowest BCUT2D eigenvalue weighted by atomic mass is 10.0. The van der Waals surface area contributed by atoms with Crippen molar-refractivity contribution < 1.29 is 24.2 Å². The first-order valence-electron chi connectivity index (χ1n) is 24.1. The zero-order chi connectivity index (χ0) is 42.4. The predicted molar refractivity (Wildman–Crippen MR) is 248 cm³/mol. The maximum atomic E-state index is 12.8. The van der Waals surface area contributed by atoms with Gasteiger partial charge in [-0.2, -0.15) is 0 Å². The van der Waals surface area contributed by atoms with Crippen molar-refractivity contribution in [3.63, 3.8) is 0 Å². The lowest BCUT2D eigenvalue weighted by Crippen LogP contribution is -2.40. The van der Waals surface area contributed by atoms with Crippen molar-refractivity contribution in [2.75, 3.05) is 6.54 Å². The fraction of sp³-hybridized carbons (Fsp3) is 0.745. The Morgan fingerprint density at radius 3 is 1.52 bits per heavy atom. The van der Waals surface area contributed by atoms with E-state index in [1.807, 2.05) is 0 Å². The van der Waals surface area contributed by atoms with Crippen LogP contribution in [0.5, 0.6) is 0 Å². The average Bonchev–Trinajstić information content (AvgIpc) is 3.21. The van der Waals surface area contributed by atoms with Crippen molar-refractivity contribution in [1.82, 2.24) is 5.32 Å². The van der Waals surface area contributed by atoms with E-state index < -0.39 is 12.0 Å². The zero-order valence-electron chi connectivity index (χ0n) is 37.6. The molecular weight excluding hydrogens is 721 g/mol. The Bertz CT molecular complexity index is 1090. The number of nitrogens with two attached hydrogens (primary N) is 1. The number of carbonyl (C=O) groups is 3. The number of esters is 1. The van der Waals surface area contributed by atoms with Gasteiger partial charge < -0.3 is 20.9 Å². The van der Waals surface area contributed by atoms with Crippen LogP contribution in [0.4, 0.5) is 0 Å². The molecule has 0 aromatic heterocycles. The number of allylic oxidation sites excluding steroid dienone is 9. The molecule has 0 aliphatic rings. The highest BCUT2D eigenvalue weighted by Crippen LogP contribution is 2.16. The molecule has 0 heterocycles. The fourth-order valence-electron chi connectivity index (χ4n) is 6.94. The van der Waals surface area contributed by atoms with E-state index in [0.717, 1.165) is 77.0 Å². The van der Waals surface area contributed by atoms with Crippen molar-refractivity contribution in [2.45, 2.75) is 238 Å². The predicted octanol–water partition coefficient (Wildman–Crippen LogP) is 14.1. The summed E-state index contributed by atoms with van der Waals surface area (Å²) >= 11 is 0. The van der Waals surface area contributed by atoms with Crippen LogP contribution < -0.4 is 11.1 Å². The number of carbonyl (C=O) groups excluding carboxylic acids is 2. The highest BCUT2D eigenvalue weighted by molar-refractivity contribution is 5.83. The molecule has 2 unspecified atom stereocenters. The number of hydrogen-bond donors (Lipinski definition) is 3. The first kappa shape index (κ1) is 55.1. The van der Waals surface area contributed by atoms with Crippen LogP contribution in [0.3, 0.4) is 0 Å². The van der Waals surface area contributed by atoms with Crippen LogP contribution in [-0.4, -0.2) is 41.6 Å². The third-order valence-electron chi connectivity index (χ3n) is 10.6. The van der Waals surface area contributed by atoms with Crippen molar-refractivity contribution >= 4 is 17.8 Å². The summed E-state index contributed by atoms with van der Waals surface area (Å²) in [6.45, 7) is 4.83. The standard InChI is InChI=1S/C51H90N2O5/c1-3-5-7-9-11-13-15-16-17-18-19-20-21-22-23-24-26-28-30-35-39-45-50(55)58-47(41-36-32-29-27-25-14-12-10-8-6-4-2)42-37-33-31-34-38-44-49(54)53-48(51(56)57)43-40-46-52/h6,8,12,14,18-19,27,29,36,41,47-48H,3-5,7,9-11,13,15-17,20-26,28,30-35,37-40,42-46,52H2,1-2H3,(H,53,54)(H,56,57)/b8-6-,14-12-,19-18-,29-27-,41-36-. The molecule has 0 fully saturated rings. The molecule has 0 aliphatic heterocycles. The van der Waals surface area contributed by atoms with Crippen molar-refractivity contribution in [3.05, 3.63) is 60.8 Å². The first-order chi connectivity index (χ1) is 28.4. The molecule has 0 aromatic rings. The van der Waals surface area contributed by atoms with Gasteiger partial charge in [0.2, 0.25) is 5.91 Å². The first-order valence-corrected chi connectivity index (χ1v) is 24.1. The Kier molecular flexibility index (Phi) is 42.9. The van der Waals surface area contributed by atoms with E-state index in [9.17, 15) is 19.5 Å². The second-order valence-corrected chi connectivity index (χ2v) is 16.1. The molecule has 0 spiro atoms. The van der Waals surface area contributed by atoms with E-state index in [4.69, 9.17) is 10.5 Å². The Labute approximate surface area is 357 Å². The van der Waals surface area contributed by atoms with Crippen molar-refractivity contribution in [2.24, 2.45) is 5.73 Å². The minimum Gasteiger partial charge on any atom is -0.480 e. The van der Waals surface area contributed by atoms with Crippen molar-refractivity contribution in [1.29, 1.82) is 0 Å². The zero-order valence-corrected chi connectivity index (χ0v) is 37.6. The number of nitrogens with one attached hydrogen (secondary N) is 1. The maximum absolute atomic E-state index is 12.8. The molecular formula is C51H90N2O5. The molecule has 0 saturated heterocycles. The number of hydrogen-bond acceptors (Lipinski definition) is 5. The SMILES string of the molecule is CC/C=C\C/C=C\C/C=C\C/C=C\C(CCCCCCCC(=O)NC(CCCN)C(=O)O)OC(=O)CCCCCCCCCCC/C=C\CCCCCCCCCC. The van der Waals surface area contributed by atoms with Gasteiger partial charge >= 0.3 is 11.9 Å². The molecule has 0 rings (SSSR count). The van der Waals surface area contributed by atoms with Gasteiger partial charge in [-0.1, -0.05) is 178 Å². The van der Waals surface area contributed by atoms with Gasteiger partial charge in [-0.15, -0.1) is 0 Å². The number of aliphatic carboxylic acids is 1. The molecule has 0 aromatic carbocycles. The summed E-state index contributed by atoms with van der Waals surface area (Å²) in [6.07, 6.45) is 57.3. The van der Waals surface area contributed by atoms with Crippen LogP contribution in [0.2, 0.25) is 0 Å². The van der Waals surface area contributed by atoms with Gasteiger partial charge in [-0.3, -0.25) is 9.59 Å². The molecule has 1 amide bonds. The lowest BCUT2D eigenvalue weighted by molar-refractivity contribution is -0.147. The van der Waals surface area contributed by atoms with E-state index in [1.54, 1.807) is 0 Å². The second kappa shape index (κ2) is 45.2. The summed E-state index contributed by atoms with van der Waals surface area (Å²) in [5.41, 5.74) is 5.49. The monoisotopic (exact) mass is 811 g/mol. The highest BCUT2D eigenvalue weighted by Gasteiger charge is 2.19. The minimum atomic E-state index is -1.01. The number of unbranched alkanes of at least 4 members (excludes halogenated alkanes) is 21. The molecule has 0 radical (unpaired) electrons. The summed E-state index contributed by atoms with van der Waals surface area (Å²) in [5.74, 6) is -1.33. The van der Waals surface area contributed by atoms with E-state index in [2.05, 4.69) is 79.9 Å². The van der Waals surface area contributed by atoms with Crippen LogP contribution in [0.25, 0.3) is 0 Å².